The molecular weight excluding hydrogens is 596 g/mol. The van der Waals surface area contributed by atoms with Crippen molar-refractivity contribution >= 4 is 57.9 Å². The van der Waals surface area contributed by atoms with Crippen LogP contribution in [-0.2, 0) is 14.4 Å². The highest BCUT2D eigenvalue weighted by Crippen LogP contribution is 2.35. The number of carbonyl (C=O) groups excluding carboxylic acids is 4. The summed E-state index contributed by atoms with van der Waals surface area (Å²) in [7, 11) is 1.39. The van der Waals surface area contributed by atoms with Gasteiger partial charge >= 0.3 is 0 Å². The third-order valence-corrected chi connectivity index (χ3v) is 7.09. The zero-order chi connectivity index (χ0) is 31.2. The molecule has 0 atom stereocenters. The monoisotopic (exact) mass is 620 g/mol. The number of imide groups is 1. The number of non-ortho nitro benzene ring substituents is 1. The Morgan fingerprint density at radius 3 is 2.50 bits per heavy atom. The maximum atomic E-state index is 13.0. The molecule has 14 nitrogen and oxygen atoms in total. The van der Waals surface area contributed by atoms with E-state index in [9.17, 15) is 29.3 Å². The molecule has 3 aromatic carbocycles. The number of fused-ring (bicyclic) bond motifs is 1. The number of carbonyl (C=O) groups is 4. The van der Waals surface area contributed by atoms with Crippen LogP contribution in [0.3, 0.4) is 0 Å². The minimum atomic E-state index is -0.630. The summed E-state index contributed by atoms with van der Waals surface area (Å²) in [4.78, 5) is 61.8. The Morgan fingerprint density at radius 2 is 1.73 bits per heavy atom. The normalized spacial score (nSPS) is 14.8. The molecule has 2 heterocycles. The van der Waals surface area contributed by atoms with Crippen molar-refractivity contribution < 1.29 is 43.0 Å². The molecule has 15 heteroatoms. The van der Waals surface area contributed by atoms with E-state index in [2.05, 4.69) is 10.6 Å². The summed E-state index contributed by atoms with van der Waals surface area (Å²) in [5, 5.41) is 15.5. The fourth-order valence-electron chi connectivity index (χ4n) is 4.18. The molecule has 5 rings (SSSR count). The van der Waals surface area contributed by atoms with Crippen LogP contribution in [0.25, 0.3) is 6.08 Å². The lowest BCUT2D eigenvalue weighted by molar-refractivity contribution is -0.384. The molecule has 0 aliphatic carbocycles. The second-order valence-electron chi connectivity index (χ2n) is 9.23. The van der Waals surface area contributed by atoms with Gasteiger partial charge in [0, 0.05) is 29.6 Å². The Balaban J connectivity index is 1.19. The Bertz CT molecular complexity index is 1690. The van der Waals surface area contributed by atoms with Crippen LogP contribution < -0.4 is 29.6 Å². The summed E-state index contributed by atoms with van der Waals surface area (Å²) in [5.74, 6) is -0.229. The zero-order valence-electron chi connectivity index (χ0n) is 23.1. The highest BCUT2D eigenvalue weighted by Gasteiger charge is 2.36. The van der Waals surface area contributed by atoms with Crippen LogP contribution in [-0.4, -0.2) is 66.3 Å². The van der Waals surface area contributed by atoms with E-state index < -0.39 is 41.0 Å². The summed E-state index contributed by atoms with van der Waals surface area (Å²) < 4.78 is 21.9. The van der Waals surface area contributed by atoms with Crippen LogP contribution in [0, 0.1) is 10.1 Å². The number of nitrogens with one attached hydrogen (secondary N) is 2. The van der Waals surface area contributed by atoms with Gasteiger partial charge in [-0.25, -0.2) is 0 Å². The summed E-state index contributed by atoms with van der Waals surface area (Å²) in [6, 6.07) is 15.0. The van der Waals surface area contributed by atoms with Gasteiger partial charge in [-0.3, -0.25) is 34.2 Å². The molecule has 2 aliphatic rings. The first-order valence-electron chi connectivity index (χ1n) is 13.0. The van der Waals surface area contributed by atoms with Gasteiger partial charge in [0.05, 0.1) is 16.9 Å². The first kappa shape index (κ1) is 29.9. The maximum Gasteiger partial charge on any atom is 0.294 e. The standard InChI is InChI=1S/C29H24N4O10S/c1-40-23-11-17(5-7-21(23)43-16-27(35)31-18-3-2-4-20(13-18)33(38)39)12-25-28(36)32(29(37)44-25)15-26(34)30-19-6-8-22-24(14-19)42-10-9-41-22/h2-8,11-14H,9-10,15-16H2,1H3,(H,30,34)(H,31,35)/b25-12-. The predicted molar refractivity (Wildman–Crippen MR) is 159 cm³/mol. The van der Waals surface area contributed by atoms with Gasteiger partial charge in [0.1, 0.15) is 19.8 Å². The smallest absolute Gasteiger partial charge is 0.294 e. The van der Waals surface area contributed by atoms with E-state index in [0.29, 0.717) is 47.7 Å². The van der Waals surface area contributed by atoms with E-state index in [0.717, 1.165) is 4.90 Å². The number of ether oxygens (including phenoxy) is 4. The molecule has 1 fully saturated rings. The molecule has 44 heavy (non-hydrogen) atoms. The van der Waals surface area contributed by atoms with Gasteiger partial charge < -0.3 is 29.6 Å². The molecule has 1 saturated heterocycles. The Morgan fingerprint density at radius 1 is 0.977 bits per heavy atom. The molecule has 3 aromatic rings. The lowest BCUT2D eigenvalue weighted by Crippen LogP contribution is -2.36. The maximum absolute atomic E-state index is 13.0. The number of nitrogens with zero attached hydrogens (tertiary/aromatic N) is 2. The van der Waals surface area contributed by atoms with E-state index in [1.807, 2.05) is 0 Å². The van der Waals surface area contributed by atoms with Crippen molar-refractivity contribution in [3.8, 4) is 23.0 Å². The van der Waals surface area contributed by atoms with Crippen molar-refractivity contribution in [1.82, 2.24) is 4.90 Å². The van der Waals surface area contributed by atoms with E-state index in [1.54, 1.807) is 30.3 Å². The number of anilines is 2. The van der Waals surface area contributed by atoms with Crippen LogP contribution in [0.15, 0.2) is 65.6 Å². The number of benzene rings is 3. The van der Waals surface area contributed by atoms with E-state index in [1.165, 1.54) is 43.5 Å². The minimum absolute atomic E-state index is 0.106. The van der Waals surface area contributed by atoms with Gasteiger partial charge in [0.25, 0.3) is 22.7 Å². The second-order valence-corrected chi connectivity index (χ2v) is 10.2. The summed E-state index contributed by atoms with van der Waals surface area (Å²) in [6.07, 6.45) is 1.48. The number of amides is 4. The third-order valence-electron chi connectivity index (χ3n) is 6.19. The fourth-order valence-corrected chi connectivity index (χ4v) is 5.02. The number of methoxy groups -OCH3 is 1. The molecule has 4 amide bonds. The molecule has 0 radical (unpaired) electrons. The third kappa shape index (κ3) is 7.07. The fraction of sp³-hybridized carbons (Fsp3) is 0.172. The average molecular weight is 621 g/mol. The summed E-state index contributed by atoms with van der Waals surface area (Å²) >= 11 is 0.694. The van der Waals surface area contributed by atoms with Crippen molar-refractivity contribution in [2.45, 2.75) is 0 Å². The van der Waals surface area contributed by atoms with Crippen molar-refractivity contribution in [2.24, 2.45) is 0 Å². The molecule has 0 aromatic heterocycles. The summed E-state index contributed by atoms with van der Waals surface area (Å²) in [6.45, 7) is -0.0744. The Labute approximate surface area is 254 Å². The molecule has 0 spiro atoms. The van der Waals surface area contributed by atoms with Gasteiger partial charge in [-0.1, -0.05) is 12.1 Å². The van der Waals surface area contributed by atoms with Crippen LogP contribution in [0.5, 0.6) is 23.0 Å². The Hall–Kier alpha value is -5.57. The number of nitro benzene ring substituents is 1. The van der Waals surface area contributed by atoms with E-state index >= 15 is 0 Å². The SMILES string of the molecule is COc1cc(/C=C2\SC(=O)N(CC(=O)Nc3ccc4c(c3)OCCO4)C2=O)ccc1OCC(=O)Nc1cccc([N+](=O)[O-])c1. The highest BCUT2D eigenvalue weighted by atomic mass is 32.2. The molecule has 2 aliphatic heterocycles. The number of thioether (sulfide) groups is 1. The van der Waals surface area contributed by atoms with Gasteiger partial charge in [-0.15, -0.1) is 0 Å². The molecule has 0 unspecified atom stereocenters. The van der Waals surface area contributed by atoms with Crippen molar-refractivity contribution in [3.05, 3.63) is 81.2 Å². The van der Waals surface area contributed by atoms with Gasteiger partial charge in [-0.2, -0.15) is 0 Å². The minimum Gasteiger partial charge on any atom is -0.493 e. The first-order chi connectivity index (χ1) is 21.2. The molecule has 2 N–H and O–H groups in total. The van der Waals surface area contributed by atoms with Gasteiger partial charge in [0.2, 0.25) is 5.91 Å². The molecule has 0 saturated carbocycles. The van der Waals surface area contributed by atoms with Crippen molar-refractivity contribution in [1.29, 1.82) is 0 Å². The van der Waals surface area contributed by atoms with Crippen molar-refractivity contribution in [2.75, 3.05) is 44.1 Å². The molecule has 226 valence electrons. The van der Waals surface area contributed by atoms with Crippen molar-refractivity contribution in [3.63, 3.8) is 0 Å². The number of rotatable bonds is 10. The van der Waals surface area contributed by atoms with Gasteiger partial charge in [-0.05, 0) is 53.7 Å². The average Bonchev–Trinajstić information content (AvgIpc) is 3.27. The number of nitro groups is 1. The molecule has 0 bridgehead atoms. The van der Waals surface area contributed by atoms with Crippen LogP contribution >= 0.6 is 11.8 Å². The Kier molecular flexibility index (Phi) is 8.95. The molecular formula is C29H24N4O10S. The van der Waals surface area contributed by atoms with Crippen LogP contribution in [0.4, 0.5) is 21.9 Å². The van der Waals surface area contributed by atoms with E-state index in [4.69, 9.17) is 18.9 Å². The summed E-state index contributed by atoms with van der Waals surface area (Å²) in [5.41, 5.74) is 1.00. The first-order valence-corrected chi connectivity index (χ1v) is 13.8. The highest BCUT2D eigenvalue weighted by molar-refractivity contribution is 8.18. The van der Waals surface area contributed by atoms with Crippen LogP contribution in [0.2, 0.25) is 0 Å². The largest absolute Gasteiger partial charge is 0.493 e. The van der Waals surface area contributed by atoms with Gasteiger partial charge in [0.15, 0.2) is 29.6 Å². The topological polar surface area (TPSA) is 176 Å². The number of hydrogen-bond acceptors (Lipinski definition) is 11. The lowest BCUT2D eigenvalue weighted by Gasteiger charge is -2.19. The second kappa shape index (κ2) is 13.2. The lowest BCUT2D eigenvalue weighted by atomic mass is 10.2. The van der Waals surface area contributed by atoms with Crippen LogP contribution in [0.1, 0.15) is 5.56 Å². The quantitative estimate of drug-likeness (QED) is 0.190. The zero-order valence-corrected chi connectivity index (χ0v) is 23.9. The predicted octanol–water partition coefficient (Wildman–Crippen LogP) is 4.07. The van der Waals surface area contributed by atoms with E-state index in [-0.39, 0.29) is 27.8 Å². The number of hydrogen-bond donors (Lipinski definition) is 2.